The van der Waals surface area contributed by atoms with Gasteiger partial charge in [-0.2, -0.15) is 0 Å². The number of aryl methyl sites for hydroxylation is 1. The molecule has 0 aliphatic heterocycles. The second-order valence-corrected chi connectivity index (χ2v) is 5.02. The van der Waals surface area contributed by atoms with Crippen LogP contribution in [0.1, 0.15) is 25.7 Å². The smallest absolute Gasteiger partial charge is 0.350 e. The molecule has 0 aliphatic carbocycles. The molecule has 0 aliphatic rings. The van der Waals surface area contributed by atoms with Crippen molar-refractivity contribution in [1.82, 2.24) is 9.97 Å². The van der Waals surface area contributed by atoms with Crippen molar-refractivity contribution < 1.29 is 14.3 Å². The first-order valence-electron chi connectivity index (χ1n) is 6.08. The van der Waals surface area contributed by atoms with Gasteiger partial charge in [0.25, 0.3) is 5.91 Å². The fourth-order valence-corrected chi connectivity index (χ4v) is 2.36. The summed E-state index contributed by atoms with van der Waals surface area (Å²) in [5.74, 6) is -0.811. The van der Waals surface area contributed by atoms with Crippen molar-refractivity contribution >= 4 is 28.3 Å². The third-order valence-corrected chi connectivity index (χ3v) is 3.51. The summed E-state index contributed by atoms with van der Waals surface area (Å²) in [6.45, 7) is 5.29. The lowest BCUT2D eigenvalue weighted by Crippen LogP contribution is -2.11. The van der Waals surface area contributed by atoms with Crippen molar-refractivity contribution in [1.29, 1.82) is 0 Å². The summed E-state index contributed by atoms with van der Waals surface area (Å²) < 4.78 is 4.95. The van der Waals surface area contributed by atoms with Crippen LogP contribution in [-0.2, 0) is 4.74 Å². The number of anilines is 1. The summed E-state index contributed by atoms with van der Waals surface area (Å²) in [5, 5.41) is 2.97. The average molecular weight is 303 g/mol. The van der Waals surface area contributed by atoms with Gasteiger partial charge in [0.1, 0.15) is 11.5 Å². The van der Waals surface area contributed by atoms with E-state index in [2.05, 4.69) is 21.9 Å². The van der Waals surface area contributed by atoms with Crippen LogP contribution >= 0.6 is 11.3 Å². The van der Waals surface area contributed by atoms with Gasteiger partial charge in [0.2, 0.25) is 0 Å². The number of carbonyl (C=O) groups excluding carboxylic acids is 2. The Morgan fingerprint density at radius 1 is 1.52 bits per heavy atom. The molecule has 0 fully saturated rings. The fraction of sp³-hybridized carbons (Fsp3) is 0.143. The second kappa shape index (κ2) is 6.76. The number of esters is 1. The maximum atomic E-state index is 12.0. The summed E-state index contributed by atoms with van der Waals surface area (Å²) in [4.78, 5) is 32.1. The zero-order valence-corrected chi connectivity index (χ0v) is 12.1. The molecule has 0 saturated heterocycles. The molecule has 2 rings (SSSR count). The Morgan fingerprint density at radius 3 is 3.00 bits per heavy atom. The number of nitrogens with zero attached hydrogens (tertiary/aromatic N) is 2. The number of nitrogens with one attached hydrogen (secondary N) is 1. The maximum absolute atomic E-state index is 12.0. The molecule has 2 aromatic rings. The Balaban J connectivity index is 2.10. The first-order valence-corrected chi connectivity index (χ1v) is 6.90. The highest BCUT2D eigenvalue weighted by Gasteiger charge is 2.18. The zero-order chi connectivity index (χ0) is 15.2. The minimum absolute atomic E-state index is 0.132. The first-order chi connectivity index (χ1) is 10.1. The van der Waals surface area contributed by atoms with Crippen LogP contribution in [0.2, 0.25) is 0 Å². The number of thiazole rings is 1. The molecular weight excluding hydrogens is 290 g/mol. The standard InChI is InChI=1S/C14H13N3O3S/c1-3-7-20-13(19)11-9(2)16-14(21-11)17-12(18)10-5-4-6-15-8-10/h3-6,8H,1,7H2,2H3,(H,16,17,18). The van der Waals surface area contributed by atoms with Crippen molar-refractivity contribution in [2.45, 2.75) is 6.92 Å². The van der Waals surface area contributed by atoms with Crippen LogP contribution in [0.15, 0.2) is 37.2 Å². The highest BCUT2D eigenvalue weighted by molar-refractivity contribution is 7.17. The van der Waals surface area contributed by atoms with E-state index in [0.29, 0.717) is 21.3 Å². The lowest BCUT2D eigenvalue weighted by molar-refractivity contribution is 0.0554. The summed E-state index contributed by atoms with van der Waals surface area (Å²) >= 11 is 1.07. The van der Waals surface area contributed by atoms with E-state index < -0.39 is 5.97 Å². The van der Waals surface area contributed by atoms with E-state index in [4.69, 9.17) is 4.74 Å². The molecule has 0 unspecified atom stereocenters. The third-order valence-electron chi connectivity index (χ3n) is 2.46. The van der Waals surface area contributed by atoms with Gasteiger partial charge in [-0.15, -0.1) is 0 Å². The van der Waals surface area contributed by atoms with Gasteiger partial charge in [0.15, 0.2) is 5.13 Å². The van der Waals surface area contributed by atoms with Gasteiger partial charge >= 0.3 is 5.97 Å². The van der Waals surface area contributed by atoms with E-state index >= 15 is 0 Å². The number of rotatable bonds is 5. The van der Waals surface area contributed by atoms with Crippen LogP contribution in [0.4, 0.5) is 5.13 Å². The predicted octanol–water partition coefficient (Wildman–Crippen LogP) is 2.44. The van der Waals surface area contributed by atoms with Crippen molar-refractivity contribution in [3.8, 4) is 0 Å². The summed E-state index contributed by atoms with van der Waals surface area (Å²) in [6.07, 6.45) is 4.52. The maximum Gasteiger partial charge on any atom is 0.350 e. The molecule has 108 valence electrons. The second-order valence-electron chi connectivity index (χ2n) is 4.02. The lowest BCUT2D eigenvalue weighted by Gasteiger charge is -2.00. The Kier molecular flexibility index (Phi) is 4.78. The molecular formula is C14H13N3O3S. The summed E-state index contributed by atoms with van der Waals surface area (Å²) in [6, 6.07) is 3.31. The molecule has 0 aromatic carbocycles. The van der Waals surface area contributed by atoms with Crippen LogP contribution in [-0.4, -0.2) is 28.5 Å². The molecule has 0 atom stereocenters. The van der Waals surface area contributed by atoms with Crippen molar-refractivity contribution in [2.75, 3.05) is 11.9 Å². The van der Waals surface area contributed by atoms with Gasteiger partial charge in [-0.25, -0.2) is 9.78 Å². The molecule has 21 heavy (non-hydrogen) atoms. The van der Waals surface area contributed by atoms with Crippen LogP contribution in [0.3, 0.4) is 0 Å². The summed E-state index contributed by atoms with van der Waals surface area (Å²) in [5.41, 5.74) is 0.927. The van der Waals surface area contributed by atoms with E-state index in [-0.39, 0.29) is 12.5 Å². The quantitative estimate of drug-likeness (QED) is 0.677. The molecule has 0 bridgehead atoms. The fourth-order valence-electron chi connectivity index (χ4n) is 1.51. The lowest BCUT2D eigenvalue weighted by atomic mass is 10.3. The molecule has 1 N–H and O–H groups in total. The average Bonchev–Trinajstić information content (AvgIpc) is 2.86. The van der Waals surface area contributed by atoms with E-state index in [1.165, 1.54) is 12.3 Å². The normalized spacial score (nSPS) is 9.95. The van der Waals surface area contributed by atoms with Gasteiger partial charge in [-0.05, 0) is 19.1 Å². The topological polar surface area (TPSA) is 81.2 Å². The first kappa shape index (κ1) is 14.9. The molecule has 1 amide bonds. The molecule has 0 spiro atoms. The minimum Gasteiger partial charge on any atom is -0.457 e. The third kappa shape index (κ3) is 3.73. The Labute approximate surface area is 125 Å². The highest BCUT2D eigenvalue weighted by Crippen LogP contribution is 2.23. The van der Waals surface area contributed by atoms with E-state index in [0.717, 1.165) is 11.3 Å². The van der Waals surface area contributed by atoms with Crippen LogP contribution in [0.25, 0.3) is 0 Å². The Hall–Kier alpha value is -2.54. The number of aromatic nitrogens is 2. The van der Waals surface area contributed by atoms with Crippen LogP contribution < -0.4 is 5.32 Å². The number of pyridine rings is 1. The van der Waals surface area contributed by atoms with Gasteiger partial charge in [-0.3, -0.25) is 15.1 Å². The van der Waals surface area contributed by atoms with Crippen molar-refractivity contribution in [2.24, 2.45) is 0 Å². The van der Waals surface area contributed by atoms with Crippen LogP contribution in [0, 0.1) is 6.92 Å². The van der Waals surface area contributed by atoms with E-state index in [1.807, 2.05) is 0 Å². The van der Waals surface area contributed by atoms with E-state index in [9.17, 15) is 9.59 Å². The zero-order valence-electron chi connectivity index (χ0n) is 11.3. The highest BCUT2D eigenvalue weighted by atomic mass is 32.1. The summed E-state index contributed by atoms with van der Waals surface area (Å²) in [7, 11) is 0. The molecule has 0 radical (unpaired) electrons. The van der Waals surface area contributed by atoms with Gasteiger partial charge in [-0.1, -0.05) is 24.0 Å². The van der Waals surface area contributed by atoms with Gasteiger partial charge < -0.3 is 4.74 Å². The number of carbonyl (C=O) groups is 2. The molecule has 7 heteroatoms. The Morgan fingerprint density at radius 2 is 2.33 bits per heavy atom. The molecule has 0 saturated carbocycles. The van der Waals surface area contributed by atoms with E-state index in [1.54, 1.807) is 25.3 Å². The van der Waals surface area contributed by atoms with Gasteiger partial charge in [0, 0.05) is 12.4 Å². The van der Waals surface area contributed by atoms with Crippen molar-refractivity contribution in [3.63, 3.8) is 0 Å². The number of amides is 1. The predicted molar refractivity (Wildman–Crippen MR) is 79.5 cm³/mol. The molecule has 2 heterocycles. The molecule has 6 nitrogen and oxygen atoms in total. The SMILES string of the molecule is C=CCOC(=O)c1sc(NC(=O)c2cccnc2)nc1C. The number of ether oxygens (including phenoxy) is 1. The monoisotopic (exact) mass is 303 g/mol. The minimum atomic E-state index is -0.480. The number of hydrogen-bond donors (Lipinski definition) is 1. The van der Waals surface area contributed by atoms with Gasteiger partial charge in [0.05, 0.1) is 11.3 Å². The molecule has 2 aromatic heterocycles. The Bertz CT molecular complexity index is 667. The van der Waals surface area contributed by atoms with Crippen LogP contribution in [0.5, 0.6) is 0 Å². The largest absolute Gasteiger partial charge is 0.457 e. The van der Waals surface area contributed by atoms with Crippen molar-refractivity contribution in [3.05, 3.63) is 53.3 Å². The number of hydrogen-bond acceptors (Lipinski definition) is 6.